The van der Waals surface area contributed by atoms with Crippen molar-refractivity contribution >= 4 is 11.3 Å². The summed E-state index contributed by atoms with van der Waals surface area (Å²) in [6, 6.07) is 0.344. The van der Waals surface area contributed by atoms with E-state index in [0.29, 0.717) is 6.04 Å². The lowest BCUT2D eigenvalue weighted by atomic mass is 10.1. The van der Waals surface area contributed by atoms with E-state index >= 15 is 0 Å². The Hall–Kier alpha value is -0.450. The first-order valence-electron chi connectivity index (χ1n) is 4.36. The van der Waals surface area contributed by atoms with E-state index in [4.69, 9.17) is 4.74 Å². The van der Waals surface area contributed by atoms with Crippen LogP contribution in [0.5, 0.6) is 0 Å². The molecule has 0 aromatic carbocycles. The molecule has 0 saturated heterocycles. The predicted molar refractivity (Wildman–Crippen MR) is 55.1 cm³/mol. The van der Waals surface area contributed by atoms with Crippen molar-refractivity contribution in [3.63, 3.8) is 0 Å². The van der Waals surface area contributed by atoms with Crippen molar-refractivity contribution in [1.82, 2.24) is 10.3 Å². The predicted octanol–water partition coefficient (Wildman–Crippen LogP) is 1.31. The summed E-state index contributed by atoms with van der Waals surface area (Å²) in [4.78, 5) is 4.24. The van der Waals surface area contributed by atoms with E-state index in [1.165, 1.54) is 0 Å². The molecule has 13 heavy (non-hydrogen) atoms. The molecule has 0 radical (unpaired) electrons. The van der Waals surface area contributed by atoms with Gasteiger partial charge in [-0.25, -0.2) is 4.98 Å². The van der Waals surface area contributed by atoms with Crippen molar-refractivity contribution in [3.8, 4) is 0 Å². The monoisotopic (exact) mass is 200 g/mol. The molecule has 0 aliphatic rings. The van der Waals surface area contributed by atoms with Crippen LogP contribution in [0, 0.1) is 0 Å². The zero-order chi connectivity index (χ0) is 9.68. The summed E-state index contributed by atoms with van der Waals surface area (Å²) in [6.45, 7) is 2.06. The first kappa shape index (κ1) is 10.6. The van der Waals surface area contributed by atoms with Crippen molar-refractivity contribution in [2.45, 2.75) is 25.5 Å². The maximum atomic E-state index is 5.27. The molecule has 1 rings (SSSR count). The van der Waals surface area contributed by atoms with Crippen molar-refractivity contribution in [2.24, 2.45) is 0 Å². The van der Waals surface area contributed by atoms with E-state index in [9.17, 15) is 0 Å². The van der Waals surface area contributed by atoms with Gasteiger partial charge < -0.3 is 10.1 Å². The lowest BCUT2D eigenvalue weighted by Crippen LogP contribution is -2.38. The fourth-order valence-corrected chi connectivity index (χ4v) is 1.89. The minimum absolute atomic E-state index is 0.217. The van der Waals surface area contributed by atoms with E-state index in [2.05, 4.69) is 17.2 Å². The number of thiazole rings is 1. The van der Waals surface area contributed by atoms with Gasteiger partial charge in [0.15, 0.2) is 0 Å². The highest BCUT2D eigenvalue weighted by Crippen LogP contribution is 2.10. The van der Waals surface area contributed by atoms with Gasteiger partial charge in [-0.3, -0.25) is 0 Å². The maximum Gasteiger partial charge on any atom is 0.0941 e. The molecule has 1 N–H and O–H groups in total. The van der Waals surface area contributed by atoms with E-state index in [1.807, 2.05) is 18.6 Å². The number of hydrogen-bond donors (Lipinski definition) is 1. The van der Waals surface area contributed by atoms with E-state index in [0.717, 1.165) is 11.4 Å². The zero-order valence-electron chi connectivity index (χ0n) is 8.28. The van der Waals surface area contributed by atoms with Crippen LogP contribution in [-0.2, 0) is 11.2 Å². The van der Waals surface area contributed by atoms with Crippen LogP contribution in [0.1, 0.15) is 11.9 Å². The van der Waals surface area contributed by atoms with Crippen molar-refractivity contribution in [3.05, 3.63) is 16.6 Å². The van der Waals surface area contributed by atoms with Crippen molar-refractivity contribution in [2.75, 3.05) is 14.2 Å². The molecule has 4 heteroatoms. The van der Waals surface area contributed by atoms with Crippen LogP contribution >= 0.6 is 11.3 Å². The Kier molecular flexibility index (Phi) is 4.35. The van der Waals surface area contributed by atoms with Crippen LogP contribution in [0.15, 0.2) is 11.6 Å². The molecule has 0 amide bonds. The summed E-state index contributed by atoms with van der Waals surface area (Å²) in [5.74, 6) is 0. The number of rotatable bonds is 5. The average molecular weight is 200 g/mol. The molecule has 0 spiro atoms. The van der Waals surface area contributed by atoms with Gasteiger partial charge in [0.1, 0.15) is 0 Å². The SMILES string of the molecule is CNC(Cc1nccs1)C(C)OC. The number of nitrogens with zero attached hydrogens (tertiary/aromatic N) is 1. The van der Waals surface area contributed by atoms with Crippen LogP contribution < -0.4 is 5.32 Å². The normalized spacial score (nSPS) is 15.6. The molecule has 1 heterocycles. The first-order chi connectivity index (χ1) is 6.27. The molecule has 0 aliphatic heterocycles. The lowest BCUT2D eigenvalue weighted by molar-refractivity contribution is 0.0857. The van der Waals surface area contributed by atoms with Crippen molar-refractivity contribution in [1.29, 1.82) is 0 Å². The number of methoxy groups -OCH3 is 1. The van der Waals surface area contributed by atoms with Crippen molar-refractivity contribution < 1.29 is 4.74 Å². The van der Waals surface area contributed by atoms with E-state index in [-0.39, 0.29) is 6.10 Å². The molecule has 0 saturated carbocycles. The molecular formula is C9H16N2OS. The molecule has 1 aromatic rings. The molecular weight excluding hydrogens is 184 g/mol. The highest BCUT2D eigenvalue weighted by atomic mass is 32.1. The number of nitrogens with one attached hydrogen (secondary N) is 1. The Morgan fingerprint density at radius 2 is 2.46 bits per heavy atom. The number of hydrogen-bond acceptors (Lipinski definition) is 4. The molecule has 2 unspecified atom stereocenters. The fraction of sp³-hybridized carbons (Fsp3) is 0.667. The zero-order valence-corrected chi connectivity index (χ0v) is 9.10. The van der Waals surface area contributed by atoms with Gasteiger partial charge in [0, 0.05) is 31.1 Å². The van der Waals surface area contributed by atoms with Gasteiger partial charge in [0.05, 0.1) is 11.1 Å². The first-order valence-corrected chi connectivity index (χ1v) is 5.24. The Balaban J connectivity index is 2.49. The van der Waals surface area contributed by atoms with Gasteiger partial charge in [0.25, 0.3) is 0 Å². The average Bonchev–Trinajstić information content (AvgIpc) is 2.65. The Labute approximate surface area is 83.1 Å². The summed E-state index contributed by atoms with van der Waals surface area (Å²) in [5.41, 5.74) is 0. The highest BCUT2D eigenvalue weighted by molar-refractivity contribution is 7.09. The smallest absolute Gasteiger partial charge is 0.0941 e. The van der Waals surface area contributed by atoms with Crippen LogP contribution in [0.25, 0.3) is 0 Å². The van der Waals surface area contributed by atoms with E-state index in [1.54, 1.807) is 18.4 Å². The van der Waals surface area contributed by atoms with Gasteiger partial charge in [-0.15, -0.1) is 11.3 Å². The maximum absolute atomic E-state index is 5.27. The molecule has 2 atom stereocenters. The van der Waals surface area contributed by atoms with Gasteiger partial charge >= 0.3 is 0 Å². The summed E-state index contributed by atoms with van der Waals surface area (Å²) < 4.78 is 5.27. The topological polar surface area (TPSA) is 34.2 Å². The second-order valence-electron chi connectivity index (χ2n) is 2.97. The Morgan fingerprint density at radius 3 is 2.92 bits per heavy atom. The summed E-state index contributed by atoms with van der Waals surface area (Å²) in [5, 5.41) is 6.39. The Morgan fingerprint density at radius 1 is 1.69 bits per heavy atom. The quantitative estimate of drug-likeness (QED) is 0.778. The van der Waals surface area contributed by atoms with Crippen LogP contribution in [0.2, 0.25) is 0 Å². The summed E-state index contributed by atoms with van der Waals surface area (Å²) >= 11 is 1.69. The fourth-order valence-electron chi connectivity index (χ4n) is 1.21. The Bertz CT molecular complexity index is 226. The molecule has 3 nitrogen and oxygen atoms in total. The third-order valence-corrected chi connectivity index (χ3v) is 2.99. The van der Waals surface area contributed by atoms with Crippen LogP contribution in [0.3, 0.4) is 0 Å². The molecule has 1 aromatic heterocycles. The van der Waals surface area contributed by atoms with Gasteiger partial charge in [-0.1, -0.05) is 0 Å². The molecule has 0 aliphatic carbocycles. The minimum atomic E-state index is 0.217. The summed E-state index contributed by atoms with van der Waals surface area (Å²) in [7, 11) is 3.69. The standard InChI is InChI=1S/C9H16N2OS/c1-7(12-3)8(10-2)6-9-11-4-5-13-9/h4-5,7-8,10H,6H2,1-3H3. The van der Waals surface area contributed by atoms with Crippen LogP contribution in [0.4, 0.5) is 0 Å². The number of likely N-dealkylation sites (N-methyl/N-ethyl adjacent to an activating group) is 1. The third-order valence-electron chi connectivity index (χ3n) is 2.19. The number of ether oxygens (including phenoxy) is 1. The second kappa shape index (κ2) is 5.32. The van der Waals surface area contributed by atoms with Gasteiger partial charge in [-0.2, -0.15) is 0 Å². The lowest BCUT2D eigenvalue weighted by Gasteiger charge is -2.21. The van der Waals surface area contributed by atoms with Gasteiger partial charge in [-0.05, 0) is 14.0 Å². The van der Waals surface area contributed by atoms with E-state index < -0.39 is 0 Å². The van der Waals surface area contributed by atoms with Crippen LogP contribution in [-0.4, -0.2) is 31.3 Å². The molecule has 0 fully saturated rings. The second-order valence-corrected chi connectivity index (χ2v) is 3.95. The third kappa shape index (κ3) is 3.06. The highest BCUT2D eigenvalue weighted by Gasteiger charge is 2.15. The molecule has 74 valence electrons. The minimum Gasteiger partial charge on any atom is -0.380 e. The largest absolute Gasteiger partial charge is 0.380 e. The van der Waals surface area contributed by atoms with Gasteiger partial charge in [0.2, 0.25) is 0 Å². The molecule has 0 bridgehead atoms. The number of aromatic nitrogens is 1. The summed E-state index contributed by atoms with van der Waals surface area (Å²) in [6.07, 6.45) is 2.99.